The second-order valence-corrected chi connectivity index (χ2v) is 8.59. The highest BCUT2D eigenvalue weighted by molar-refractivity contribution is 7.99. The molecule has 4 rings (SSSR count). The maximum atomic E-state index is 12.8. The summed E-state index contributed by atoms with van der Waals surface area (Å²) in [6, 6.07) is 8.43. The fourth-order valence-corrected chi connectivity index (χ4v) is 4.45. The van der Waals surface area contributed by atoms with Gasteiger partial charge < -0.3 is 5.32 Å². The van der Waals surface area contributed by atoms with Crippen molar-refractivity contribution in [3.8, 4) is 0 Å². The van der Waals surface area contributed by atoms with Crippen molar-refractivity contribution in [3.05, 3.63) is 46.7 Å². The Morgan fingerprint density at radius 2 is 2.04 bits per heavy atom. The molecule has 1 N–H and O–H groups in total. The van der Waals surface area contributed by atoms with Crippen LogP contribution in [-0.4, -0.2) is 26.3 Å². The third-order valence-corrected chi connectivity index (χ3v) is 6.25. The summed E-state index contributed by atoms with van der Waals surface area (Å²) in [6.45, 7) is 6.54. The van der Waals surface area contributed by atoms with Crippen LogP contribution in [0.25, 0.3) is 0 Å². The summed E-state index contributed by atoms with van der Waals surface area (Å²) in [5, 5.41) is 8.91. The minimum atomic E-state index is -0.186. The lowest BCUT2D eigenvalue weighted by Crippen LogP contribution is -2.31. The van der Waals surface area contributed by atoms with Gasteiger partial charge in [-0.2, -0.15) is 4.98 Å². The van der Waals surface area contributed by atoms with Crippen LogP contribution in [0.2, 0.25) is 0 Å². The van der Waals surface area contributed by atoms with Gasteiger partial charge >= 0.3 is 0 Å². The Morgan fingerprint density at radius 3 is 2.74 bits per heavy atom. The van der Waals surface area contributed by atoms with Crippen molar-refractivity contribution in [1.29, 1.82) is 0 Å². The maximum absolute atomic E-state index is 12.8. The molecule has 27 heavy (non-hydrogen) atoms. The van der Waals surface area contributed by atoms with Gasteiger partial charge in [-0.1, -0.05) is 56.8 Å². The van der Waals surface area contributed by atoms with Crippen molar-refractivity contribution in [3.63, 3.8) is 0 Å². The number of nitrogens with zero attached hydrogens (tertiary/aromatic N) is 3. The summed E-state index contributed by atoms with van der Waals surface area (Å²) >= 11 is 1.67. The van der Waals surface area contributed by atoms with E-state index >= 15 is 0 Å². The van der Waals surface area contributed by atoms with Gasteiger partial charge in [0.25, 0.3) is 0 Å². The molecular formula is C21H26N4OS. The van der Waals surface area contributed by atoms with E-state index in [4.69, 9.17) is 5.10 Å². The van der Waals surface area contributed by atoms with Crippen LogP contribution in [-0.2, 0) is 4.79 Å². The molecule has 0 amide bonds. The largest absolute Gasteiger partial charge is 0.328 e. The fourth-order valence-electron chi connectivity index (χ4n) is 3.76. The minimum absolute atomic E-state index is 0.186. The van der Waals surface area contributed by atoms with Crippen molar-refractivity contribution in [2.45, 2.75) is 63.6 Å². The molecule has 1 aliphatic carbocycles. The zero-order valence-corrected chi connectivity index (χ0v) is 17.0. The van der Waals surface area contributed by atoms with E-state index in [1.54, 1.807) is 11.8 Å². The Hall–Kier alpha value is -2.08. The standard InChI is InChI=1S/C21H26N4OS/c1-4-12-27-21-23-20-22-16-6-5-7-17(26)18(16)19(25(20)24-21)15-10-8-14(9-11-15)13(2)3/h8-11,13,19H,4-7,12H2,1-3H3,(H,22,23,24). The minimum Gasteiger partial charge on any atom is -0.328 e. The predicted molar refractivity (Wildman–Crippen MR) is 109 cm³/mol. The molecule has 2 heterocycles. The quantitative estimate of drug-likeness (QED) is 0.743. The van der Waals surface area contributed by atoms with Crippen LogP contribution in [0.15, 0.2) is 40.7 Å². The number of rotatable bonds is 5. The van der Waals surface area contributed by atoms with Crippen LogP contribution >= 0.6 is 11.8 Å². The van der Waals surface area contributed by atoms with Gasteiger partial charge in [0.15, 0.2) is 5.78 Å². The molecule has 0 bridgehead atoms. The molecule has 6 heteroatoms. The smallest absolute Gasteiger partial charge is 0.227 e. The first-order valence-corrected chi connectivity index (χ1v) is 10.8. The van der Waals surface area contributed by atoms with E-state index < -0.39 is 0 Å². The molecule has 5 nitrogen and oxygen atoms in total. The zero-order chi connectivity index (χ0) is 19.0. The number of ketones is 1. The van der Waals surface area contributed by atoms with Gasteiger partial charge in [0.1, 0.15) is 6.04 Å². The van der Waals surface area contributed by atoms with Gasteiger partial charge in [-0.15, -0.1) is 5.10 Å². The molecule has 142 valence electrons. The number of hydrogen-bond donors (Lipinski definition) is 1. The number of benzene rings is 1. The topological polar surface area (TPSA) is 59.8 Å². The molecule has 1 aromatic carbocycles. The van der Waals surface area contributed by atoms with E-state index in [1.165, 1.54) is 5.56 Å². The number of carbonyl (C=O) groups is 1. The van der Waals surface area contributed by atoms with Crippen LogP contribution in [0.1, 0.15) is 69.5 Å². The van der Waals surface area contributed by atoms with E-state index in [0.29, 0.717) is 12.3 Å². The van der Waals surface area contributed by atoms with Gasteiger partial charge in [-0.25, -0.2) is 4.68 Å². The number of aromatic nitrogens is 3. The van der Waals surface area contributed by atoms with Gasteiger partial charge in [-0.3, -0.25) is 4.79 Å². The number of Topliss-reactive ketones (excluding diaryl/α,β-unsaturated/α-hetero) is 1. The fraction of sp³-hybridized carbons (Fsp3) is 0.476. The Labute approximate surface area is 164 Å². The van der Waals surface area contributed by atoms with Crippen LogP contribution in [0.4, 0.5) is 5.95 Å². The second-order valence-electron chi connectivity index (χ2n) is 7.53. The average Bonchev–Trinajstić information content (AvgIpc) is 3.07. The Morgan fingerprint density at radius 1 is 1.26 bits per heavy atom. The van der Waals surface area contributed by atoms with E-state index in [2.05, 4.69) is 55.3 Å². The van der Waals surface area contributed by atoms with Crippen LogP contribution in [0.5, 0.6) is 0 Å². The van der Waals surface area contributed by atoms with E-state index in [-0.39, 0.29) is 11.8 Å². The van der Waals surface area contributed by atoms with Gasteiger partial charge in [0, 0.05) is 23.4 Å². The Balaban J connectivity index is 1.79. The number of carbonyl (C=O) groups excluding carboxylic acids is 1. The van der Waals surface area contributed by atoms with E-state index in [1.807, 2.05) is 4.68 Å². The molecule has 0 spiro atoms. The van der Waals surface area contributed by atoms with Crippen LogP contribution < -0.4 is 5.32 Å². The number of allylic oxidation sites excluding steroid dienone is 2. The third kappa shape index (κ3) is 3.43. The van der Waals surface area contributed by atoms with Crippen molar-refractivity contribution in [2.24, 2.45) is 0 Å². The summed E-state index contributed by atoms with van der Waals surface area (Å²) in [6.07, 6.45) is 3.49. The second kappa shape index (κ2) is 7.50. The molecule has 0 fully saturated rings. The summed E-state index contributed by atoms with van der Waals surface area (Å²) in [4.78, 5) is 17.5. The van der Waals surface area contributed by atoms with Gasteiger partial charge in [0.05, 0.1) is 0 Å². The molecule has 1 atom stereocenters. The highest BCUT2D eigenvalue weighted by Gasteiger charge is 2.36. The lowest BCUT2D eigenvalue weighted by molar-refractivity contribution is -0.116. The van der Waals surface area contributed by atoms with Crippen LogP contribution in [0, 0.1) is 0 Å². The number of nitrogens with one attached hydrogen (secondary N) is 1. The zero-order valence-electron chi connectivity index (χ0n) is 16.2. The van der Waals surface area contributed by atoms with Crippen molar-refractivity contribution >= 4 is 23.5 Å². The van der Waals surface area contributed by atoms with Gasteiger partial charge in [-0.05, 0) is 36.3 Å². The van der Waals surface area contributed by atoms with Crippen molar-refractivity contribution < 1.29 is 4.79 Å². The first kappa shape index (κ1) is 18.3. The predicted octanol–water partition coefficient (Wildman–Crippen LogP) is 4.93. The summed E-state index contributed by atoms with van der Waals surface area (Å²) in [7, 11) is 0. The lowest BCUT2D eigenvalue weighted by Gasteiger charge is -2.32. The number of fused-ring (bicyclic) bond motifs is 1. The van der Waals surface area contributed by atoms with Crippen LogP contribution in [0.3, 0.4) is 0 Å². The van der Waals surface area contributed by atoms with Gasteiger partial charge in [0.2, 0.25) is 11.1 Å². The molecule has 0 saturated carbocycles. The Kier molecular flexibility index (Phi) is 5.08. The molecule has 1 aliphatic heterocycles. The molecule has 2 aromatic rings. The van der Waals surface area contributed by atoms with Crippen molar-refractivity contribution in [2.75, 3.05) is 11.1 Å². The monoisotopic (exact) mass is 382 g/mol. The first-order valence-electron chi connectivity index (χ1n) is 9.81. The maximum Gasteiger partial charge on any atom is 0.227 e. The normalized spacial score (nSPS) is 19.1. The highest BCUT2D eigenvalue weighted by Crippen LogP contribution is 2.40. The summed E-state index contributed by atoms with van der Waals surface area (Å²) < 4.78 is 1.91. The molecule has 0 saturated heterocycles. The number of anilines is 1. The number of thioether (sulfide) groups is 1. The number of hydrogen-bond acceptors (Lipinski definition) is 5. The first-order chi connectivity index (χ1) is 13.1. The molecule has 2 aliphatic rings. The molecular weight excluding hydrogens is 356 g/mol. The molecule has 1 unspecified atom stereocenters. The van der Waals surface area contributed by atoms with E-state index in [9.17, 15) is 4.79 Å². The SMILES string of the molecule is CCCSc1nc2n(n1)C(c1ccc(C(C)C)cc1)C1=C(CCCC1=O)N2. The lowest BCUT2D eigenvalue weighted by atomic mass is 9.85. The summed E-state index contributed by atoms with van der Waals surface area (Å²) in [5.41, 5.74) is 4.29. The Bertz CT molecular complexity index is 882. The highest BCUT2D eigenvalue weighted by atomic mass is 32.2. The van der Waals surface area contributed by atoms with E-state index in [0.717, 1.165) is 53.0 Å². The average molecular weight is 383 g/mol. The van der Waals surface area contributed by atoms with Crippen molar-refractivity contribution in [1.82, 2.24) is 14.8 Å². The molecule has 1 aromatic heterocycles. The third-order valence-electron chi connectivity index (χ3n) is 5.20. The molecule has 0 radical (unpaired) electrons. The summed E-state index contributed by atoms with van der Waals surface area (Å²) in [5.74, 6) is 2.45.